The Morgan fingerprint density at radius 1 is 1.27 bits per heavy atom. The molecule has 122 valence electrons. The van der Waals surface area contributed by atoms with Crippen LogP contribution in [0.4, 0.5) is 0 Å². The first-order valence-electron chi connectivity index (χ1n) is 7.37. The molecule has 0 bridgehead atoms. The smallest absolute Gasteiger partial charge is 0.254 e. The molecule has 1 aliphatic heterocycles. The number of carbonyl (C=O) groups is 2. The van der Waals surface area contributed by atoms with E-state index in [0.717, 1.165) is 25.8 Å². The van der Waals surface area contributed by atoms with Crippen LogP contribution >= 0.6 is 12.4 Å². The van der Waals surface area contributed by atoms with Gasteiger partial charge in [-0.15, -0.1) is 12.4 Å². The topological polar surface area (TPSA) is 66.6 Å². The second-order valence-electron chi connectivity index (χ2n) is 5.66. The highest BCUT2D eigenvalue weighted by molar-refractivity contribution is 5.99. The van der Waals surface area contributed by atoms with Gasteiger partial charge in [-0.1, -0.05) is 6.07 Å². The largest absolute Gasteiger partial charge is 0.345 e. The monoisotopic (exact) mass is 325 g/mol. The molecule has 2 amide bonds. The molecule has 1 heterocycles. The lowest BCUT2D eigenvalue weighted by Crippen LogP contribution is -2.47. The number of carbonyl (C=O) groups excluding carboxylic acids is 2. The molecule has 0 saturated carbocycles. The zero-order chi connectivity index (χ0) is 15.4. The van der Waals surface area contributed by atoms with Crippen LogP contribution in [0.25, 0.3) is 0 Å². The van der Waals surface area contributed by atoms with E-state index in [-0.39, 0.29) is 30.3 Å². The van der Waals surface area contributed by atoms with E-state index in [1.165, 1.54) is 4.90 Å². The maximum absolute atomic E-state index is 12.7. The van der Waals surface area contributed by atoms with Gasteiger partial charge >= 0.3 is 0 Å². The van der Waals surface area contributed by atoms with E-state index >= 15 is 0 Å². The molecule has 1 aliphatic rings. The number of rotatable bonds is 3. The van der Waals surface area contributed by atoms with Crippen LogP contribution in [0, 0.1) is 0 Å². The van der Waals surface area contributed by atoms with Crippen LogP contribution in [-0.4, -0.2) is 54.8 Å². The van der Waals surface area contributed by atoms with Gasteiger partial charge in [0.15, 0.2) is 0 Å². The first-order valence-corrected chi connectivity index (χ1v) is 7.37. The number of nitrogens with two attached hydrogens (primary N) is 1. The van der Waals surface area contributed by atoms with E-state index in [2.05, 4.69) is 0 Å². The van der Waals surface area contributed by atoms with Gasteiger partial charge in [-0.25, -0.2) is 0 Å². The average molecular weight is 326 g/mol. The maximum atomic E-state index is 12.7. The number of likely N-dealkylation sites (tertiary alicyclic amines) is 1. The third kappa shape index (κ3) is 3.99. The minimum absolute atomic E-state index is 0. The molecule has 1 aromatic rings. The quantitative estimate of drug-likeness (QED) is 0.921. The summed E-state index contributed by atoms with van der Waals surface area (Å²) in [7, 11) is 3.40. The van der Waals surface area contributed by atoms with Gasteiger partial charge < -0.3 is 15.5 Å². The normalized spacial score (nSPS) is 17.6. The molecular formula is C16H24ClN3O2. The fourth-order valence-corrected chi connectivity index (χ4v) is 2.72. The van der Waals surface area contributed by atoms with E-state index in [9.17, 15) is 9.59 Å². The summed E-state index contributed by atoms with van der Waals surface area (Å²) < 4.78 is 0. The van der Waals surface area contributed by atoms with Crippen LogP contribution in [0.1, 0.15) is 40.0 Å². The lowest BCUT2D eigenvalue weighted by atomic mass is 10.00. The van der Waals surface area contributed by atoms with E-state index in [1.54, 1.807) is 38.4 Å². The molecule has 1 saturated heterocycles. The van der Waals surface area contributed by atoms with Crippen LogP contribution in [0.15, 0.2) is 24.3 Å². The number of benzene rings is 1. The molecular weight excluding hydrogens is 302 g/mol. The van der Waals surface area contributed by atoms with E-state index in [4.69, 9.17) is 5.73 Å². The Morgan fingerprint density at radius 3 is 2.59 bits per heavy atom. The van der Waals surface area contributed by atoms with E-state index in [1.807, 2.05) is 4.90 Å². The van der Waals surface area contributed by atoms with Crippen molar-refractivity contribution in [2.45, 2.75) is 25.3 Å². The van der Waals surface area contributed by atoms with Gasteiger partial charge in [-0.3, -0.25) is 9.59 Å². The Morgan fingerprint density at radius 2 is 1.95 bits per heavy atom. The van der Waals surface area contributed by atoms with Gasteiger partial charge in [0.25, 0.3) is 11.8 Å². The molecule has 0 aromatic heterocycles. The Bertz CT molecular complexity index is 534. The van der Waals surface area contributed by atoms with Gasteiger partial charge in [0, 0.05) is 44.4 Å². The summed E-state index contributed by atoms with van der Waals surface area (Å²) in [5.74, 6) is -0.128. The highest BCUT2D eigenvalue weighted by Gasteiger charge is 2.26. The predicted molar refractivity (Wildman–Crippen MR) is 89.4 cm³/mol. The number of piperidine rings is 1. The molecule has 2 rings (SSSR count). The van der Waals surface area contributed by atoms with Gasteiger partial charge in [-0.2, -0.15) is 0 Å². The Labute approximate surface area is 137 Å². The summed E-state index contributed by atoms with van der Waals surface area (Å²) in [6.07, 6.45) is 3.09. The average Bonchev–Trinajstić information content (AvgIpc) is 2.53. The van der Waals surface area contributed by atoms with Crippen molar-refractivity contribution in [1.29, 1.82) is 0 Å². The van der Waals surface area contributed by atoms with Gasteiger partial charge in [0.2, 0.25) is 0 Å². The summed E-state index contributed by atoms with van der Waals surface area (Å²) in [6, 6.07) is 7.03. The summed E-state index contributed by atoms with van der Waals surface area (Å²) in [5.41, 5.74) is 6.87. The third-order valence-corrected chi connectivity index (χ3v) is 3.92. The highest BCUT2D eigenvalue weighted by Crippen LogP contribution is 2.19. The van der Waals surface area contributed by atoms with Crippen LogP contribution in [0.2, 0.25) is 0 Å². The molecule has 0 aliphatic carbocycles. The van der Waals surface area contributed by atoms with Crippen molar-refractivity contribution in [3.05, 3.63) is 35.4 Å². The Kier molecular flexibility index (Phi) is 6.84. The molecule has 1 unspecified atom stereocenters. The lowest BCUT2D eigenvalue weighted by Gasteiger charge is -2.35. The van der Waals surface area contributed by atoms with Crippen molar-refractivity contribution in [2.24, 2.45) is 5.73 Å². The second kappa shape index (κ2) is 8.15. The molecule has 22 heavy (non-hydrogen) atoms. The van der Waals surface area contributed by atoms with Crippen molar-refractivity contribution < 1.29 is 9.59 Å². The molecule has 0 radical (unpaired) electrons. The minimum atomic E-state index is -0.0985. The summed E-state index contributed by atoms with van der Waals surface area (Å²) in [6.45, 7) is 1.23. The third-order valence-electron chi connectivity index (χ3n) is 3.92. The van der Waals surface area contributed by atoms with Crippen LogP contribution in [-0.2, 0) is 0 Å². The van der Waals surface area contributed by atoms with Gasteiger partial charge in [0.05, 0.1) is 0 Å². The first kappa shape index (κ1) is 18.5. The summed E-state index contributed by atoms with van der Waals surface area (Å²) in [4.78, 5) is 28.0. The standard InChI is InChI=1S/C16H23N3O2.ClH/c1-18(2)15(20)12-6-5-7-13(10-12)16(21)19-9-4-3-8-14(19)11-17;/h5-7,10,14H,3-4,8-9,11,17H2,1-2H3;1H. The molecule has 2 N–H and O–H groups in total. The van der Waals surface area contributed by atoms with E-state index < -0.39 is 0 Å². The highest BCUT2D eigenvalue weighted by atomic mass is 35.5. The fraction of sp³-hybridized carbons (Fsp3) is 0.500. The summed E-state index contributed by atoms with van der Waals surface area (Å²) in [5, 5.41) is 0. The number of hydrogen-bond donors (Lipinski definition) is 1. The van der Waals surface area contributed by atoms with Crippen molar-refractivity contribution in [3.8, 4) is 0 Å². The number of nitrogens with zero attached hydrogens (tertiary/aromatic N) is 2. The molecule has 1 atom stereocenters. The minimum Gasteiger partial charge on any atom is -0.345 e. The molecule has 0 spiro atoms. The number of hydrogen-bond acceptors (Lipinski definition) is 3. The lowest BCUT2D eigenvalue weighted by molar-refractivity contribution is 0.0623. The summed E-state index contributed by atoms with van der Waals surface area (Å²) >= 11 is 0. The number of amides is 2. The van der Waals surface area contributed by atoms with Crippen LogP contribution < -0.4 is 5.73 Å². The van der Waals surface area contributed by atoms with Gasteiger partial charge in [-0.05, 0) is 37.5 Å². The Hall–Kier alpha value is -1.59. The second-order valence-corrected chi connectivity index (χ2v) is 5.66. The fourth-order valence-electron chi connectivity index (χ4n) is 2.72. The van der Waals surface area contributed by atoms with Crippen LogP contribution in [0.5, 0.6) is 0 Å². The maximum Gasteiger partial charge on any atom is 0.254 e. The van der Waals surface area contributed by atoms with Gasteiger partial charge in [0.1, 0.15) is 0 Å². The molecule has 1 aromatic carbocycles. The Balaban J connectivity index is 0.00000242. The van der Waals surface area contributed by atoms with Crippen molar-refractivity contribution in [3.63, 3.8) is 0 Å². The predicted octanol–water partition coefficient (Wildman–Crippen LogP) is 1.76. The van der Waals surface area contributed by atoms with Crippen molar-refractivity contribution >= 4 is 24.2 Å². The zero-order valence-corrected chi connectivity index (χ0v) is 13.9. The molecule has 5 nitrogen and oxygen atoms in total. The zero-order valence-electron chi connectivity index (χ0n) is 13.1. The number of halogens is 1. The molecule has 1 fully saturated rings. The molecule has 6 heteroatoms. The van der Waals surface area contributed by atoms with E-state index in [0.29, 0.717) is 17.7 Å². The van der Waals surface area contributed by atoms with Crippen LogP contribution in [0.3, 0.4) is 0 Å². The van der Waals surface area contributed by atoms with Crippen molar-refractivity contribution in [1.82, 2.24) is 9.80 Å². The first-order chi connectivity index (χ1) is 10.0. The SMILES string of the molecule is CN(C)C(=O)c1cccc(C(=O)N2CCCCC2CN)c1.Cl. The van der Waals surface area contributed by atoms with Crippen molar-refractivity contribution in [2.75, 3.05) is 27.2 Å².